The van der Waals surface area contributed by atoms with Crippen LogP contribution in [-0.2, 0) is 5.88 Å². The van der Waals surface area contributed by atoms with Crippen molar-refractivity contribution in [2.24, 2.45) is 0 Å². The predicted octanol–water partition coefficient (Wildman–Crippen LogP) is 2.34. The standard InChI is InChI=1S/C9H12ClN.Mg.2H/c1-11(2)9-6-4-3-5-8(9)7-10;;;/h3-6H,7H2,1-2H3;;;/q;+2;2*-1. The molecule has 0 bridgehead atoms. The van der Waals surface area contributed by atoms with Gasteiger partial charge in [0.15, 0.2) is 0 Å². The van der Waals surface area contributed by atoms with E-state index in [4.69, 9.17) is 11.6 Å². The minimum atomic E-state index is 0. The number of hydrogen-bond acceptors (Lipinski definition) is 1. The minimum Gasteiger partial charge on any atom is -1.00 e. The first-order valence-corrected chi connectivity index (χ1v) is 4.10. The van der Waals surface area contributed by atoms with Crippen molar-refractivity contribution in [1.82, 2.24) is 0 Å². The largest absolute Gasteiger partial charge is 2.00 e. The van der Waals surface area contributed by atoms with Gasteiger partial charge in [0.25, 0.3) is 0 Å². The maximum atomic E-state index is 5.75. The number of benzene rings is 1. The SMILES string of the molecule is CN(C)c1ccccc1CCl.[H-].[H-].[Mg+2]. The average molecular weight is 196 g/mol. The number of anilines is 1. The monoisotopic (exact) mass is 195 g/mol. The van der Waals surface area contributed by atoms with Crippen LogP contribution >= 0.6 is 11.6 Å². The maximum absolute atomic E-state index is 5.75. The van der Waals surface area contributed by atoms with E-state index >= 15 is 0 Å². The van der Waals surface area contributed by atoms with Crippen molar-refractivity contribution in [2.45, 2.75) is 5.88 Å². The van der Waals surface area contributed by atoms with Crippen LogP contribution in [0.1, 0.15) is 8.42 Å². The van der Waals surface area contributed by atoms with Crippen molar-refractivity contribution in [1.29, 1.82) is 0 Å². The van der Waals surface area contributed by atoms with Gasteiger partial charge >= 0.3 is 23.1 Å². The van der Waals surface area contributed by atoms with E-state index in [9.17, 15) is 0 Å². The Morgan fingerprint density at radius 1 is 1.33 bits per heavy atom. The summed E-state index contributed by atoms with van der Waals surface area (Å²) < 4.78 is 0. The number of rotatable bonds is 2. The molecule has 1 aromatic rings. The molecule has 1 rings (SSSR count). The van der Waals surface area contributed by atoms with Gasteiger partial charge in [-0.1, -0.05) is 18.2 Å². The topological polar surface area (TPSA) is 3.24 Å². The normalized spacial score (nSPS) is 8.92. The first-order chi connectivity index (χ1) is 5.25. The van der Waals surface area contributed by atoms with E-state index in [-0.39, 0.29) is 25.9 Å². The number of para-hydroxylation sites is 1. The van der Waals surface area contributed by atoms with Gasteiger partial charge in [-0.3, -0.25) is 0 Å². The molecule has 12 heavy (non-hydrogen) atoms. The fraction of sp³-hybridized carbons (Fsp3) is 0.333. The van der Waals surface area contributed by atoms with Crippen LogP contribution in [0.3, 0.4) is 0 Å². The second-order valence-corrected chi connectivity index (χ2v) is 2.92. The molecule has 0 fully saturated rings. The Bertz CT molecular complexity index is 246. The van der Waals surface area contributed by atoms with Gasteiger partial charge < -0.3 is 7.75 Å². The van der Waals surface area contributed by atoms with Gasteiger partial charge in [0, 0.05) is 25.7 Å². The fourth-order valence-corrected chi connectivity index (χ4v) is 1.29. The van der Waals surface area contributed by atoms with Gasteiger partial charge in [-0.15, -0.1) is 11.6 Å². The maximum Gasteiger partial charge on any atom is 2.00 e. The van der Waals surface area contributed by atoms with Crippen LogP contribution in [-0.4, -0.2) is 37.1 Å². The van der Waals surface area contributed by atoms with Gasteiger partial charge in [-0.2, -0.15) is 0 Å². The molecule has 0 unspecified atom stereocenters. The Morgan fingerprint density at radius 2 is 1.92 bits per heavy atom. The van der Waals surface area contributed by atoms with Crippen molar-refractivity contribution < 1.29 is 2.85 Å². The summed E-state index contributed by atoms with van der Waals surface area (Å²) in [5.41, 5.74) is 2.38. The molecule has 0 atom stereocenters. The number of halogens is 1. The molecular weight excluding hydrogens is 182 g/mol. The quantitative estimate of drug-likeness (QED) is 0.518. The Kier molecular flexibility index (Phi) is 5.71. The third-order valence-corrected chi connectivity index (χ3v) is 1.91. The Labute approximate surface area is 97.8 Å². The van der Waals surface area contributed by atoms with Gasteiger partial charge in [0.1, 0.15) is 0 Å². The van der Waals surface area contributed by atoms with E-state index in [1.54, 1.807) is 0 Å². The zero-order chi connectivity index (χ0) is 8.27. The van der Waals surface area contributed by atoms with E-state index in [1.807, 2.05) is 32.3 Å². The summed E-state index contributed by atoms with van der Waals surface area (Å²) in [4.78, 5) is 2.07. The summed E-state index contributed by atoms with van der Waals surface area (Å²) >= 11 is 5.75. The van der Waals surface area contributed by atoms with Crippen LogP contribution in [0.15, 0.2) is 24.3 Å². The van der Waals surface area contributed by atoms with Crippen LogP contribution in [0.25, 0.3) is 0 Å². The summed E-state index contributed by atoms with van der Waals surface area (Å²) in [6, 6.07) is 8.14. The molecule has 0 saturated carbocycles. The minimum absolute atomic E-state index is 0. The van der Waals surface area contributed by atoms with E-state index < -0.39 is 0 Å². The van der Waals surface area contributed by atoms with Crippen LogP contribution in [0.4, 0.5) is 5.69 Å². The van der Waals surface area contributed by atoms with E-state index in [0.717, 1.165) is 0 Å². The summed E-state index contributed by atoms with van der Waals surface area (Å²) in [6.45, 7) is 0. The van der Waals surface area contributed by atoms with Crippen LogP contribution < -0.4 is 4.90 Å². The van der Waals surface area contributed by atoms with Gasteiger partial charge in [-0.05, 0) is 11.6 Å². The average Bonchev–Trinajstić information content (AvgIpc) is 2.04. The van der Waals surface area contributed by atoms with Gasteiger partial charge in [-0.25, -0.2) is 0 Å². The van der Waals surface area contributed by atoms with Crippen molar-refractivity contribution in [2.75, 3.05) is 19.0 Å². The molecule has 0 saturated heterocycles. The Hall–Kier alpha value is 0.0762. The molecular formula is C9H14ClMgN. The molecule has 0 spiro atoms. The molecule has 1 nitrogen and oxygen atoms in total. The summed E-state index contributed by atoms with van der Waals surface area (Å²) in [5.74, 6) is 0.578. The Morgan fingerprint density at radius 3 is 2.33 bits per heavy atom. The van der Waals surface area contributed by atoms with E-state index in [0.29, 0.717) is 5.88 Å². The first-order valence-electron chi connectivity index (χ1n) is 3.57. The third kappa shape index (κ3) is 2.85. The molecule has 0 N–H and O–H groups in total. The number of nitrogens with zero attached hydrogens (tertiary/aromatic N) is 1. The molecule has 0 amide bonds. The van der Waals surface area contributed by atoms with E-state index in [2.05, 4.69) is 11.0 Å². The third-order valence-electron chi connectivity index (χ3n) is 1.62. The first kappa shape index (κ1) is 12.1. The van der Waals surface area contributed by atoms with Crippen LogP contribution in [0.5, 0.6) is 0 Å². The molecule has 0 aliphatic carbocycles. The van der Waals surface area contributed by atoms with Gasteiger partial charge in [0.2, 0.25) is 0 Å². The zero-order valence-electron chi connectivity index (χ0n) is 9.55. The van der Waals surface area contributed by atoms with Crippen molar-refractivity contribution >= 4 is 40.3 Å². The zero-order valence-corrected chi connectivity index (χ0v) is 9.72. The van der Waals surface area contributed by atoms with Crippen molar-refractivity contribution in [3.05, 3.63) is 29.8 Å². The molecule has 3 heteroatoms. The van der Waals surface area contributed by atoms with Crippen molar-refractivity contribution in [3.63, 3.8) is 0 Å². The van der Waals surface area contributed by atoms with Crippen LogP contribution in [0.2, 0.25) is 0 Å². The molecule has 64 valence electrons. The van der Waals surface area contributed by atoms with Gasteiger partial charge in [0.05, 0.1) is 0 Å². The molecule has 1 aromatic carbocycles. The molecule has 0 aliphatic heterocycles. The smallest absolute Gasteiger partial charge is 1.00 e. The number of hydrogen-bond donors (Lipinski definition) is 0. The van der Waals surface area contributed by atoms with Crippen molar-refractivity contribution in [3.8, 4) is 0 Å². The second kappa shape index (κ2) is 5.68. The summed E-state index contributed by atoms with van der Waals surface area (Å²) in [7, 11) is 4.04. The van der Waals surface area contributed by atoms with Crippen LogP contribution in [0, 0.1) is 0 Å². The molecule has 0 aliphatic rings. The molecule has 0 heterocycles. The summed E-state index contributed by atoms with van der Waals surface area (Å²) in [6.07, 6.45) is 0. The second-order valence-electron chi connectivity index (χ2n) is 2.66. The van der Waals surface area contributed by atoms with E-state index in [1.165, 1.54) is 11.3 Å². The molecule has 0 aromatic heterocycles. The number of alkyl halides is 1. The molecule has 0 radical (unpaired) electrons. The predicted molar refractivity (Wildman–Crippen MR) is 58.3 cm³/mol. The summed E-state index contributed by atoms with van der Waals surface area (Å²) in [5, 5.41) is 0. The Balaban J connectivity index is -0.000000403. The fourth-order valence-electron chi connectivity index (χ4n) is 1.06.